The van der Waals surface area contributed by atoms with Gasteiger partial charge in [0.15, 0.2) is 5.82 Å². The highest BCUT2D eigenvalue weighted by Crippen LogP contribution is 2.25. The van der Waals surface area contributed by atoms with Crippen molar-refractivity contribution in [2.24, 2.45) is 0 Å². The molecule has 1 aliphatic heterocycles. The maximum atomic E-state index is 5.15. The third-order valence-electron chi connectivity index (χ3n) is 3.30. The molecule has 2 heterocycles. The monoisotopic (exact) mass is 239 g/mol. The Morgan fingerprint density at radius 3 is 3.06 bits per heavy atom. The molecule has 1 aromatic rings. The van der Waals surface area contributed by atoms with E-state index in [9.17, 15) is 0 Å². The minimum absolute atomic E-state index is 0.396. The molecule has 0 radical (unpaired) electrons. The summed E-state index contributed by atoms with van der Waals surface area (Å²) in [4.78, 5) is 6.86. The minimum Gasteiger partial charge on any atom is -0.375 e. The van der Waals surface area contributed by atoms with Crippen molar-refractivity contribution < 1.29 is 9.26 Å². The van der Waals surface area contributed by atoms with E-state index in [1.807, 2.05) is 0 Å². The molecule has 1 unspecified atom stereocenters. The highest BCUT2D eigenvalue weighted by molar-refractivity contribution is 4.98. The van der Waals surface area contributed by atoms with Crippen LogP contribution >= 0.6 is 0 Å². The largest absolute Gasteiger partial charge is 0.375 e. The molecule has 5 heteroatoms. The normalized spacial score (nSPS) is 22.2. The summed E-state index contributed by atoms with van der Waals surface area (Å²) in [5, 5.41) is 4.06. The van der Waals surface area contributed by atoms with E-state index in [0.717, 1.165) is 18.8 Å². The lowest BCUT2D eigenvalue weighted by Crippen LogP contribution is -2.39. The summed E-state index contributed by atoms with van der Waals surface area (Å²) in [6, 6.07) is 0.586. The van der Waals surface area contributed by atoms with Gasteiger partial charge in [0, 0.05) is 25.6 Å². The minimum atomic E-state index is 0.396. The lowest BCUT2D eigenvalue weighted by atomic mass is 9.96. The van der Waals surface area contributed by atoms with Crippen LogP contribution in [-0.4, -0.2) is 41.3 Å². The number of nitrogens with zero attached hydrogens (tertiary/aromatic N) is 3. The second-order valence-electron chi connectivity index (χ2n) is 4.91. The van der Waals surface area contributed by atoms with Gasteiger partial charge in [-0.2, -0.15) is 4.98 Å². The van der Waals surface area contributed by atoms with Crippen LogP contribution < -0.4 is 0 Å². The SMILES string of the molecule is COCc1nc(C2CCCN(C(C)C)C2)no1. The number of methoxy groups -OCH3 is 1. The van der Waals surface area contributed by atoms with E-state index in [2.05, 4.69) is 28.9 Å². The molecule has 0 amide bonds. The zero-order chi connectivity index (χ0) is 12.3. The predicted octanol–water partition coefficient (Wildman–Crippen LogP) is 1.80. The number of rotatable bonds is 4. The second kappa shape index (κ2) is 5.60. The first kappa shape index (κ1) is 12.5. The number of hydrogen-bond donors (Lipinski definition) is 0. The lowest BCUT2D eigenvalue weighted by molar-refractivity contribution is 0.151. The molecule has 17 heavy (non-hydrogen) atoms. The Kier molecular flexibility index (Phi) is 4.12. The van der Waals surface area contributed by atoms with E-state index in [4.69, 9.17) is 9.26 Å². The van der Waals surface area contributed by atoms with E-state index >= 15 is 0 Å². The second-order valence-corrected chi connectivity index (χ2v) is 4.91. The smallest absolute Gasteiger partial charge is 0.252 e. The van der Waals surface area contributed by atoms with Gasteiger partial charge in [0.25, 0.3) is 5.89 Å². The van der Waals surface area contributed by atoms with Gasteiger partial charge in [-0.05, 0) is 33.2 Å². The van der Waals surface area contributed by atoms with Crippen molar-refractivity contribution in [2.75, 3.05) is 20.2 Å². The number of likely N-dealkylation sites (tertiary alicyclic amines) is 1. The van der Waals surface area contributed by atoms with Crippen LogP contribution in [0.25, 0.3) is 0 Å². The van der Waals surface area contributed by atoms with E-state index in [1.165, 1.54) is 13.0 Å². The van der Waals surface area contributed by atoms with Crippen molar-refractivity contribution >= 4 is 0 Å². The Labute approximate surface area is 102 Å². The highest BCUT2D eigenvalue weighted by Gasteiger charge is 2.26. The van der Waals surface area contributed by atoms with E-state index in [-0.39, 0.29) is 0 Å². The zero-order valence-corrected chi connectivity index (χ0v) is 10.8. The van der Waals surface area contributed by atoms with Crippen LogP contribution in [0.1, 0.15) is 44.3 Å². The van der Waals surface area contributed by atoms with Crippen molar-refractivity contribution in [1.82, 2.24) is 15.0 Å². The zero-order valence-electron chi connectivity index (χ0n) is 10.8. The lowest BCUT2D eigenvalue weighted by Gasteiger charge is -2.34. The number of ether oxygens (including phenoxy) is 1. The molecule has 2 rings (SSSR count). The Hall–Kier alpha value is -0.940. The average molecular weight is 239 g/mol. The summed E-state index contributed by atoms with van der Waals surface area (Å²) in [6.07, 6.45) is 2.35. The Morgan fingerprint density at radius 1 is 1.53 bits per heavy atom. The summed E-state index contributed by atoms with van der Waals surface area (Å²) in [6.45, 7) is 7.07. The first-order chi connectivity index (χ1) is 8.20. The van der Waals surface area contributed by atoms with Gasteiger partial charge in [0.1, 0.15) is 6.61 Å². The fraction of sp³-hybridized carbons (Fsp3) is 0.833. The number of hydrogen-bond acceptors (Lipinski definition) is 5. The average Bonchev–Trinajstić information content (AvgIpc) is 2.78. The molecule has 96 valence electrons. The summed E-state index contributed by atoms with van der Waals surface area (Å²) < 4.78 is 10.1. The van der Waals surface area contributed by atoms with Crippen molar-refractivity contribution in [1.29, 1.82) is 0 Å². The third kappa shape index (κ3) is 3.04. The van der Waals surface area contributed by atoms with Gasteiger partial charge < -0.3 is 14.2 Å². The van der Waals surface area contributed by atoms with Crippen molar-refractivity contribution in [2.45, 2.75) is 45.3 Å². The van der Waals surface area contributed by atoms with E-state index in [0.29, 0.717) is 24.5 Å². The summed E-state index contributed by atoms with van der Waals surface area (Å²) >= 11 is 0. The third-order valence-corrected chi connectivity index (χ3v) is 3.30. The first-order valence-corrected chi connectivity index (χ1v) is 6.26. The predicted molar refractivity (Wildman–Crippen MR) is 63.7 cm³/mol. The molecule has 1 fully saturated rings. The fourth-order valence-electron chi connectivity index (χ4n) is 2.30. The van der Waals surface area contributed by atoms with Gasteiger partial charge in [0.05, 0.1) is 0 Å². The van der Waals surface area contributed by atoms with E-state index < -0.39 is 0 Å². The molecule has 1 aromatic heterocycles. The first-order valence-electron chi connectivity index (χ1n) is 6.26. The molecule has 1 atom stereocenters. The number of piperidine rings is 1. The van der Waals surface area contributed by atoms with Gasteiger partial charge in [-0.15, -0.1) is 0 Å². The van der Waals surface area contributed by atoms with Crippen molar-refractivity contribution in [3.05, 3.63) is 11.7 Å². The van der Waals surface area contributed by atoms with E-state index in [1.54, 1.807) is 7.11 Å². The summed E-state index contributed by atoms with van der Waals surface area (Å²) in [5.41, 5.74) is 0. The molecule has 0 aromatic carbocycles. The highest BCUT2D eigenvalue weighted by atomic mass is 16.5. The molecule has 0 spiro atoms. The van der Waals surface area contributed by atoms with Crippen LogP contribution in [-0.2, 0) is 11.3 Å². The molecule has 1 saturated heterocycles. The number of aromatic nitrogens is 2. The molecule has 1 aliphatic rings. The Morgan fingerprint density at radius 2 is 2.35 bits per heavy atom. The molecular formula is C12H21N3O2. The van der Waals surface area contributed by atoms with Gasteiger partial charge >= 0.3 is 0 Å². The summed E-state index contributed by atoms with van der Waals surface area (Å²) in [5.74, 6) is 1.81. The van der Waals surface area contributed by atoms with Gasteiger partial charge in [-0.1, -0.05) is 5.16 Å². The van der Waals surface area contributed by atoms with Crippen LogP contribution in [0.15, 0.2) is 4.52 Å². The van der Waals surface area contributed by atoms with Crippen LogP contribution in [0.3, 0.4) is 0 Å². The molecule has 0 N–H and O–H groups in total. The van der Waals surface area contributed by atoms with Crippen LogP contribution in [0.2, 0.25) is 0 Å². The summed E-state index contributed by atoms with van der Waals surface area (Å²) in [7, 11) is 1.63. The Bertz CT molecular complexity index is 351. The Balaban J connectivity index is 2.00. The topological polar surface area (TPSA) is 51.4 Å². The van der Waals surface area contributed by atoms with Crippen LogP contribution in [0.5, 0.6) is 0 Å². The molecular weight excluding hydrogens is 218 g/mol. The molecule has 5 nitrogen and oxygen atoms in total. The van der Waals surface area contributed by atoms with Gasteiger partial charge in [-0.3, -0.25) is 0 Å². The fourth-order valence-corrected chi connectivity index (χ4v) is 2.30. The van der Waals surface area contributed by atoms with Crippen molar-refractivity contribution in [3.8, 4) is 0 Å². The molecule has 0 saturated carbocycles. The van der Waals surface area contributed by atoms with Gasteiger partial charge in [0.2, 0.25) is 0 Å². The molecule has 0 bridgehead atoms. The standard InChI is InChI=1S/C12H21N3O2/c1-9(2)15-6-4-5-10(7-15)12-13-11(8-16-3)17-14-12/h9-10H,4-8H2,1-3H3. The molecule has 0 aliphatic carbocycles. The van der Waals surface area contributed by atoms with Gasteiger partial charge in [-0.25, -0.2) is 0 Å². The van der Waals surface area contributed by atoms with Crippen molar-refractivity contribution in [3.63, 3.8) is 0 Å². The maximum Gasteiger partial charge on any atom is 0.252 e. The maximum absolute atomic E-state index is 5.15. The quantitative estimate of drug-likeness (QED) is 0.802. The van der Waals surface area contributed by atoms with Crippen LogP contribution in [0, 0.1) is 0 Å². The van der Waals surface area contributed by atoms with Crippen LogP contribution in [0.4, 0.5) is 0 Å².